The summed E-state index contributed by atoms with van der Waals surface area (Å²) in [5, 5.41) is 8.84. The van der Waals surface area contributed by atoms with E-state index in [0.717, 1.165) is 12.0 Å². The number of ether oxygens (including phenoxy) is 1. The summed E-state index contributed by atoms with van der Waals surface area (Å²) in [6.07, 6.45) is 1.74. The first-order chi connectivity index (χ1) is 10.5. The van der Waals surface area contributed by atoms with E-state index in [1.807, 2.05) is 19.1 Å². The van der Waals surface area contributed by atoms with E-state index in [9.17, 15) is 9.59 Å². The fourth-order valence-corrected chi connectivity index (χ4v) is 2.69. The molecule has 120 valence electrons. The Morgan fingerprint density at radius 2 is 2.09 bits per heavy atom. The zero-order chi connectivity index (χ0) is 16.1. The minimum atomic E-state index is -0.308. The molecule has 1 N–H and O–H groups in total. The van der Waals surface area contributed by atoms with E-state index in [1.165, 1.54) is 6.92 Å². The number of amides is 1. The zero-order valence-electron chi connectivity index (χ0n) is 13.1. The number of aliphatic hydroxyl groups is 1. The van der Waals surface area contributed by atoms with Crippen LogP contribution in [-0.4, -0.2) is 41.1 Å². The molecule has 2 rings (SSSR count). The van der Waals surface area contributed by atoms with Crippen LogP contribution in [0.2, 0.25) is 0 Å². The molecule has 5 nitrogen and oxygen atoms in total. The van der Waals surface area contributed by atoms with Crippen LogP contribution in [0.5, 0.6) is 0 Å². The van der Waals surface area contributed by atoms with Gasteiger partial charge in [0.05, 0.1) is 6.04 Å². The summed E-state index contributed by atoms with van der Waals surface area (Å²) >= 11 is 0. The fourth-order valence-electron chi connectivity index (χ4n) is 2.69. The first-order valence-electron chi connectivity index (χ1n) is 7.72. The topological polar surface area (TPSA) is 66.8 Å². The SMILES string of the molecule is CC(=O)c1ccc(C(C)N2CCC(CCCO)OC2=O)cc1. The van der Waals surface area contributed by atoms with Gasteiger partial charge in [0.25, 0.3) is 0 Å². The molecule has 2 atom stereocenters. The van der Waals surface area contributed by atoms with Gasteiger partial charge in [0.2, 0.25) is 0 Å². The maximum Gasteiger partial charge on any atom is 0.410 e. The maximum absolute atomic E-state index is 12.1. The molecular weight excluding hydrogens is 282 g/mol. The van der Waals surface area contributed by atoms with E-state index in [0.29, 0.717) is 24.9 Å². The van der Waals surface area contributed by atoms with Gasteiger partial charge in [-0.2, -0.15) is 0 Å². The lowest BCUT2D eigenvalue weighted by molar-refractivity contribution is 0.00759. The van der Waals surface area contributed by atoms with Crippen LogP contribution in [-0.2, 0) is 4.74 Å². The van der Waals surface area contributed by atoms with Gasteiger partial charge in [0.1, 0.15) is 6.10 Å². The van der Waals surface area contributed by atoms with Crippen molar-refractivity contribution in [1.29, 1.82) is 0 Å². The van der Waals surface area contributed by atoms with E-state index in [4.69, 9.17) is 9.84 Å². The van der Waals surface area contributed by atoms with Crippen LogP contribution in [0.3, 0.4) is 0 Å². The molecule has 1 aromatic carbocycles. The average molecular weight is 305 g/mol. The molecule has 2 unspecified atom stereocenters. The molecule has 0 bridgehead atoms. The Balaban J connectivity index is 1.99. The van der Waals surface area contributed by atoms with Crippen LogP contribution in [0.1, 0.15) is 55.1 Å². The number of rotatable bonds is 6. The molecule has 1 aliphatic rings. The van der Waals surface area contributed by atoms with Crippen molar-refractivity contribution in [3.05, 3.63) is 35.4 Å². The van der Waals surface area contributed by atoms with Crippen molar-refractivity contribution < 1.29 is 19.4 Å². The smallest absolute Gasteiger partial charge is 0.410 e. The molecule has 1 amide bonds. The van der Waals surface area contributed by atoms with Gasteiger partial charge in [0, 0.05) is 25.1 Å². The lowest BCUT2D eigenvalue weighted by atomic mass is 10.0. The van der Waals surface area contributed by atoms with Gasteiger partial charge in [-0.05, 0) is 32.3 Å². The molecule has 0 saturated carbocycles. The first kappa shape index (κ1) is 16.5. The predicted molar refractivity (Wildman–Crippen MR) is 82.8 cm³/mol. The van der Waals surface area contributed by atoms with Crippen LogP contribution < -0.4 is 0 Å². The summed E-state index contributed by atoms with van der Waals surface area (Å²) in [5.41, 5.74) is 1.65. The van der Waals surface area contributed by atoms with Crippen molar-refractivity contribution in [2.24, 2.45) is 0 Å². The summed E-state index contributed by atoms with van der Waals surface area (Å²) in [6, 6.07) is 7.24. The van der Waals surface area contributed by atoms with Gasteiger partial charge in [-0.1, -0.05) is 24.3 Å². The summed E-state index contributed by atoms with van der Waals surface area (Å²) in [4.78, 5) is 25.2. The molecule has 0 aromatic heterocycles. The summed E-state index contributed by atoms with van der Waals surface area (Å²) in [5.74, 6) is 0.0308. The number of cyclic esters (lactones) is 1. The minimum absolute atomic E-state index is 0.0308. The minimum Gasteiger partial charge on any atom is -0.446 e. The normalized spacial score (nSPS) is 19.7. The molecule has 1 aliphatic heterocycles. The number of carbonyl (C=O) groups excluding carboxylic acids is 2. The molecule has 1 heterocycles. The Hall–Kier alpha value is -1.88. The molecule has 22 heavy (non-hydrogen) atoms. The third-order valence-electron chi connectivity index (χ3n) is 4.15. The fraction of sp³-hybridized carbons (Fsp3) is 0.529. The van der Waals surface area contributed by atoms with Crippen LogP contribution >= 0.6 is 0 Å². The molecule has 0 radical (unpaired) electrons. The van der Waals surface area contributed by atoms with Crippen molar-refractivity contribution >= 4 is 11.9 Å². The van der Waals surface area contributed by atoms with Gasteiger partial charge in [-0.25, -0.2) is 4.79 Å². The number of aliphatic hydroxyl groups excluding tert-OH is 1. The van der Waals surface area contributed by atoms with E-state index < -0.39 is 0 Å². The molecule has 1 aromatic rings. The van der Waals surface area contributed by atoms with Crippen molar-refractivity contribution in [2.45, 2.75) is 45.3 Å². The highest BCUT2D eigenvalue weighted by molar-refractivity contribution is 5.94. The van der Waals surface area contributed by atoms with E-state index in [2.05, 4.69) is 0 Å². The molecule has 1 saturated heterocycles. The summed E-state index contributed by atoms with van der Waals surface area (Å²) in [6.45, 7) is 4.26. The van der Waals surface area contributed by atoms with Crippen molar-refractivity contribution in [3.63, 3.8) is 0 Å². The summed E-state index contributed by atoms with van der Waals surface area (Å²) < 4.78 is 5.43. The molecule has 0 spiro atoms. The number of hydrogen-bond donors (Lipinski definition) is 1. The number of hydrogen-bond acceptors (Lipinski definition) is 4. The van der Waals surface area contributed by atoms with Gasteiger partial charge in [-0.15, -0.1) is 0 Å². The highest BCUT2D eigenvalue weighted by atomic mass is 16.6. The van der Waals surface area contributed by atoms with Crippen LogP contribution in [0, 0.1) is 0 Å². The van der Waals surface area contributed by atoms with Gasteiger partial charge < -0.3 is 14.7 Å². The van der Waals surface area contributed by atoms with Crippen molar-refractivity contribution in [3.8, 4) is 0 Å². The van der Waals surface area contributed by atoms with Gasteiger partial charge >= 0.3 is 6.09 Å². The standard InChI is InChI=1S/C17H23NO4/c1-12(14-5-7-15(8-6-14)13(2)20)18-10-9-16(4-3-11-19)22-17(18)21/h5-8,12,16,19H,3-4,9-11H2,1-2H3. The Labute approximate surface area is 130 Å². The maximum atomic E-state index is 12.1. The lowest BCUT2D eigenvalue weighted by Gasteiger charge is -2.35. The third kappa shape index (κ3) is 3.85. The largest absolute Gasteiger partial charge is 0.446 e. The Morgan fingerprint density at radius 1 is 1.41 bits per heavy atom. The number of nitrogens with zero attached hydrogens (tertiary/aromatic N) is 1. The lowest BCUT2D eigenvalue weighted by Crippen LogP contribution is -2.43. The van der Waals surface area contributed by atoms with E-state index in [-0.39, 0.29) is 30.6 Å². The third-order valence-corrected chi connectivity index (χ3v) is 4.15. The average Bonchev–Trinajstić information content (AvgIpc) is 2.52. The number of carbonyl (C=O) groups is 2. The Bertz CT molecular complexity index is 526. The summed E-state index contributed by atoms with van der Waals surface area (Å²) in [7, 11) is 0. The highest BCUT2D eigenvalue weighted by Crippen LogP contribution is 2.26. The molecular formula is C17H23NO4. The first-order valence-corrected chi connectivity index (χ1v) is 7.72. The van der Waals surface area contributed by atoms with Gasteiger partial charge in [0.15, 0.2) is 5.78 Å². The van der Waals surface area contributed by atoms with Gasteiger partial charge in [-0.3, -0.25) is 4.79 Å². The number of benzene rings is 1. The number of ketones is 1. The highest BCUT2D eigenvalue weighted by Gasteiger charge is 2.30. The van der Waals surface area contributed by atoms with E-state index in [1.54, 1.807) is 17.0 Å². The molecule has 0 aliphatic carbocycles. The van der Waals surface area contributed by atoms with Crippen molar-refractivity contribution in [1.82, 2.24) is 4.90 Å². The second-order valence-electron chi connectivity index (χ2n) is 5.71. The van der Waals surface area contributed by atoms with Crippen LogP contribution in [0.15, 0.2) is 24.3 Å². The van der Waals surface area contributed by atoms with Crippen LogP contribution in [0.25, 0.3) is 0 Å². The second-order valence-corrected chi connectivity index (χ2v) is 5.71. The predicted octanol–water partition coefficient (Wildman–Crippen LogP) is 2.93. The van der Waals surface area contributed by atoms with Crippen molar-refractivity contribution in [2.75, 3.05) is 13.2 Å². The molecule has 5 heteroatoms. The monoisotopic (exact) mass is 305 g/mol. The Morgan fingerprint density at radius 3 is 2.64 bits per heavy atom. The quantitative estimate of drug-likeness (QED) is 0.821. The molecule has 1 fully saturated rings. The number of Topliss-reactive ketones (excluding diaryl/α,β-unsaturated/α-hetero) is 1. The second kappa shape index (κ2) is 7.40. The zero-order valence-corrected chi connectivity index (χ0v) is 13.1. The van der Waals surface area contributed by atoms with E-state index >= 15 is 0 Å². The van der Waals surface area contributed by atoms with Crippen LogP contribution in [0.4, 0.5) is 4.79 Å². The Kier molecular flexibility index (Phi) is 5.55.